The van der Waals surface area contributed by atoms with Crippen LogP contribution in [0.15, 0.2) is 36.5 Å². The SMILES string of the molecule is CCCNC(=O)N(C)C[C@H]1Oc2ncc(-c3ccc(OC)cc3)cc2C(=O)N([C@H](C)CO)C[C@@H]1C. The summed E-state index contributed by atoms with van der Waals surface area (Å²) in [6.07, 6.45) is 2.13. The number of nitrogens with zero attached hydrogens (tertiary/aromatic N) is 3. The standard InChI is InChI=1S/C26H36N4O5/c1-6-11-27-26(33)29(4)15-23-17(2)14-30(18(3)16-31)25(32)22-12-20(13-28-24(22)35-23)19-7-9-21(34-5)10-8-19/h7-10,12-13,17-18,23,31H,6,11,14-16H2,1-5H3,(H,27,33)/t17-,18+,23+/m0/s1. The predicted octanol–water partition coefficient (Wildman–Crippen LogP) is 3.03. The van der Waals surface area contributed by atoms with Gasteiger partial charge in [0.05, 0.1) is 26.3 Å². The highest BCUT2D eigenvalue weighted by Crippen LogP contribution is 2.31. The van der Waals surface area contributed by atoms with Crippen LogP contribution in [0.1, 0.15) is 37.6 Å². The lowest BCUT2D eigenvalue weighted by atomic mass is 9.99. The van der Waals surface area contributed by atoms with E-state index < -0.39 is 6.10 Å². The Hall–Kier alpha value is -3.33. The number of ether oxygens (including phenoxy) is 2. The molecule has 0 saturated carbocycles. The zero-order valence-corrected chi connectivity index (χ0v) is 21.2. The van der Waals surface area contributed by atoms with E-state index in [9.17, 15) is 14.7 Å². The zero-order valence-electron chi connectivity index (χ0n) is 21.2. The van der Waals surface area contributed by atoms with Crippen molar-refractivity contribution in [2.75, 3.05) is 40.4 Å². The van der Waals surface area contributed by atoms with Crippen molar-refractivity contribution < 1.29 is 24.2 Å². The monoisotopic (exact) mass is 484 g/mol. The van der Waals surface area contributed by atoms with Crippen molar-refractivity contribution in [1.82, 2.24) is 20.1 Å². The van der Waals surface area contributed by atoms with E-state index in [-0.39, 0.29) is 36.4 Å². The number of aliphatic hydroxyl groups is 1. The maximum atomic E-state index is 13.6. The summed E-state index contributed by atoms with van der Waals surface area (Å²) >= 11 is 0. The highest BCUT2D eigenvalue weighted by Gasteiger charge is 2.34. The quantitative estimate of drug-likeness (QED) is 0.597. The molecule has 190 valence electrons. The van der Waals surface area contributed by atoms with Crippen molar-refractivity contribution in [2.45, 2.75) is 39.3 Å². The molecule has 2 N–H and O–H groups in total. The van der Waals surface area contributed by atoms with Gasteiger partial charge < -0.3 is 29.7 Å². The molecule has 0 unspecified atom stereocenters. The Morgan fingerprint density at radius 1 is 1.34 bits per heavy atom. The summed E-state index contributed by atoms with van der Waals surface area (Å²) in [6, 6.07) is 8.72. The number of aliphatic hydroxyl groups excluding tert-OH is 1. The summed E-state index contributed by atoms with van der Waals surface area (Å²) in [5.41, 5.74) is 1.98. The van der Waals surface area contributed by atoms with Gasteiger partial charge in [0.15, 0.2) is 0 Å². The first-order valence-corrected chi connectivity index (χ1v) is 12.0. The van der Waals surface area contributed by atoms with Crippen molar-refractivity contribution >= 4 is 11.9 Å². The Morgan fingerprint density at radius 2 is 2.06 bits per heavy atom. The van der Waals surface area contributed by atoms with Gasteiger partial charge in [-0.1, -0.05) is 26.0 Å². The Morgan fingerprint density at radius 3 is 2.69 bits per heavy atom. The second kappa shape index (κ2) is 11.9. The molecule has 3 rings (SSSR count). The van der Waals surface area contributed by atoms with E-state index in [2.05, 4.69) is 10.3 Å². The first-order valence-electron chi connectivity index (χ1n) is 12.0. The van der Waals surface area contributed by atoms with Gasteiger partial charge in [-0.3, -0.25) is 4.79 Å². The summed E-state index contributed by atoms with van der Waals surface area (Å²) in [7, 11) is 3.33. The predicted molar refractivity (Wildman–Crippen MR) is 134 cm³/mol. The van der Waals surface area contributed by atoms with E-state index in [1.54, 1.807) is 36.2 Å². The highest BCUT2D eigenvalue weighted by molar-refractivity contribution is 5.98. The molecule has 1 aromatic carbocycles. The van der Waals surface area contributed by atoms with Crippen molar-refractivity contribution in [3.63, 3.8) is 0 Å². The van der Waals surface area contributed by atoms with Crippen molar-refractivity contribution in [2.24, 2.45) is 5.92 Å². The van der Waals surface area contributed by atoms with Gasteiger partial charge in [-0.05, 0) is 37.1 Å². The van der Waals surface area contributed by atoms with Crippen LogP contribution in [-0.2, 0) is 0 Å². The van der Waals surface area contributed by atoms with Gasteiger partial charge in [0.2, 0.25) is 5.88 Å². The van der Waals surface area contributed by atoms with E-state index in [0.29, 0.717) is 25.2 Å². The molecule has 3 amide bonds. The molecule has 2 heterocycles. The molecule has 0 bridgehead atoms. The molecule has 1 aliphatic rings. The van der Waals surface area contributed by atoms with Crippen molar-refractivity contribution in [3.8, 4) is 22.8 Å². The van der Waals surface area contributed by atoms with E-state index >= 15 is 0 Å². The zero-order chi connectivity index (χ0) is 25.5. The molecule has 2 aromatic rings. The van der Waals surface area contributed by atoms with Gasteiger partial charge in [-0.15, -0.1) is 0 Å². The molecule has 0 aliphatic carbocycles. The lowest BCUT2D eigenvalue weighted by molar-refractivity contribution is 0.0352. The smallest absolute Gasteiger partial charge is 0.317 e. The number of benzene rings is 1. The van der Waals surface area contributed by atoms with Gasteiger partial charge in [-0.25, -0.2) is 9.78 Å². The number of rotatable bonds is 8. The highest BCUT2D eigenvalue weighted by atomic mass is 16.5. The third-order valence-electron chi connectivity index (χ3n) is 6.27. The Labute approximate surface area is 207 Å². The van der Waals surface area contributed by atoms with E-state index in [4.69, 9.17) is 9.47 Å². The molecular weight excluding hydrogens is 448 g/mol. The van der Waals surface area contributed by atoms with E-state index in [1.807, 2.05) is 45.0 Å². The second-order valence-electron chi connectivity index (χ2n) is 9.04. The summed E-state index contributed by atoms with van der Waals surface area (Å²) < 4.78 is 11.5. The van der Waals surface area contributed by atoms with Crippen LogP contribution in [0.3, 0.4) is 0 Å². The van der Waals surface area contributed by atoms with Crippen LogP contribution in [0.4, 0.5) is 4.79 Å². The van der Waals surface area contributed by atoms with E-state index in [0.717, 1.165) is 23.3 Å². The number of urea groups is 1. The summed E-state index contributed by atoms with van der Waals surface area (Å²) in [5, 5.41) is 12.7. The van der Waals surface area contributed by atoms with Gasteiger partial charge in [0.1, 0.15) is 17.4 Å². The summed E-state index contributed by atoms with van der Waals surface area (Å²) in [5.74, 6) is 0.606. The lowest BCUT2D eigenvalue weighted by Gasteiger charge is -2.37. The van der Waals surface area contributed by atoms with Crippen molar-refractivity contribution in [1.29, 1.82) is 0 Å². The molecule has 1 aromatic heterocycles. The molecule has 0 spiro atoms. The number of methoxy groups -OCH3 is 1. The molecule has 1 aliphatic heterocycles. The van der Waals surface area contributed by atoms with Crippen LogP contribution in [0.5, 0.6) is 11.6 Å². The van der Waals surface area contributed by atoms with Gasteiger partial charge >= 0.3 is 6.03 Å². The topological polar surface area (TPSA) is 104 Å². The molecule has 3 atom stereocenters. The molecule has 0 fully saturated rings. The number of likely N-dealkylation sites (N-methyl/N-ethyl adjacent to an activating group) is 1. The molecule has 35 heavy (non-hydrogen) atoms. The molecular formula is C26H36N4O5. The maximum absolute atomic E-state index is 13.6. The lowest BCUT2D eigenvalue weighted by Crippen LogP contribution is -2.51. The van der Waals surface area contributed by atoms with Gasteiger partial charge in [-0.2, -0.15) is 0 Å². The van der Waals surface area contributed by atoms with Gasteiger partial charge in [0, 0.05) is 37.8 Å². The third-order valence-corrected chi connectivity index (χ3v) is 6.27. The molecule has 0 radical (unpaired) electrons. The van der Waals surface area contributed by atoms with E-state index in [1.165, 1.54) is 0 Å². The average Bonchev–Trinajstić information content (AvgIpc) is 2.88. The van der Waals surface area contributed by atoms with Crippen LogP contribution < -0.4 is 14.8 Å². The average molecular weight is 485 g/mol. The molecule has 9 nitrogen and oxygen atoms in total. The first kappa shape index (κ1) is 26.3. The minimum Gasteiger partial charge on any atom is -0.497 e. The number of hydrogen-bond donors (Lipinski definition) is 2. The van der Waals surface area contributed by atoms with Crippen LogP contribution in [0.2, 0.25) is 0 Å². The summed E-state index contributed by atoms with van der Waals surface area (Å²) in [4.78, 5) is 33.8. The Bertz CT molecular complexity index is 1010. The minimum absolute atomic E-state index is 0.106. The molecule has 9 heteroatoms. The number of carbonyl (C=O) groups is 2. The van der Waals surface area contributed by atoms with Gasteiger partial charge in [0.25, 0.3) is 5.91 Å². The largest absolute Gasteiger partial charge is 0.497 e. The Balaban J connectivity index is 1.96. The number of aromatic nitrogens is 1. The maximum Gasteiger partial charge on any atom is 0.317 e. The van der Waals surface area contributed by atoms with Crippen molar-refractivity contribution in [3.05, 3.63) is 42.1 Å². The van der Waals surface area contributed by atoms with Crippen LogP contribution in [0, 0.1) is 5.92 Å². The fraction of sp³-hybridized carbons (Fsp3) is 0.500. The normalized spacial score (nSPS) is 18.6. The second-order valence-corrected chi connectivity index (χ2v) is 9.04. The fourth-order valence-electron chi connectivity index (χ4n) is 3.98. The molecule has 0 saturated heterocycles. The van der Waals surface area contributed by atoms with Crippen LogP contribution in [-0.4, -0.2) is 84.4 Å². The number of hydrogen-bond acceptors (Lipinski definition) is 6. The number of pyridine rings is 1. The first-order chi connectivity index (χ1) is 16.8. The number of amides is 3. The van der Waals surface area contributed by atoms with Crippen LogP contribution >= 0.6 is 0 Å². The number of fused-ring (bicyclic) bond motifs is 1. The summed E-state index contributed by atoms with van der Waals surface area (Å²) in [6.45, 7) is 6.92. The number of carbonyl (C=O) groups excluding carboxylic acids is 2. The fourth-order valence-corrected chi connectivity index (χ4v) is 3.98. The van der Waals surface area contributed by atoms with Crippen LogP contribution in [0.25, 0.3) is 11.1 Å². The third kappa shape index (κ3) is 6.22. The number of nitrogens with one attached hydrogen (secondary N) is 1. The Kier molecular flexibility index (Phi) is 8.92. The minimum atomic E-state index is -0.396.